The summed E-state index contributed by atoms with van der Waals surface area (Å²) in [6, 6.07) is 20.6. The van der Waals surface area contributed by atoms with Crippen molar-refractivity contribution in [2.45, 2.75) is 0 Å². The SMILES string of the molecule is Nc1ccccc1N=C(/C=C1/C(=O)Nc2ccccc21)c1ccc(F)cc1. The predicted molar refractivity (Wildman–Crippen MR) is 107 cm³/mol. The van der Waals surface area contributed by atoms with Gasteiger partial charge in [0.05, 0.1) is 22.7 Å². The van der Waals surface area contributed by atoms with E-state index >= 15 is 0 Å². The molecule has 0 atom stereocenters. The molecule has 0 bridgehead atoms. The lowest BCUT2D eigenvalue weighted by Gasteiger charge is -2.06. The van der Waals surface area contributed by atoms with E-state index in [9.17, 15) is 9.18 Å². The third-order valence-corrected chi connectivity index (χ3v) is 4.31. The van der Waals surface area contributed by atoms with Crippen LogP contribution in [-0.2, 0) is 4.79 Å². The van der Waals surface area contributed by atoms with Gasteiger partial charge in [0.1, 0.15) is 5.82 Å². The number of rotatable bonds is 3. The van der Waals surface area contributed by atoms with Crippen LogP contribution in [0, 0.1) is 5.82 Å². The normalized spacial score (nSPS) is 14.9. The van der Waals surface area contributed by atoms with Gasteiger partial charge in [-0.2, -0.15) is 0 Å². The number of nitrogens with two attached hydrogens (primary N) is 1. The molecular formula is C22H16FN3O. The standard InChI is InChI=1S/C22H16FN3O/c23-15-11-9-14(10-12-15)21(25-20-8-4-2-6-18(20)24)13-17-16-5-1-3-7-19(16)26-22(17)27/h1-13H,24H2,(H,26,27)/b17-13+,25-21?. The highest BCUT2D eigenvalue weighted by atomic mass is 19.1. The fraction of sp³-hybridized carbons (Fsp3) is 0. The van der Waals surface area contributed by atoms with Crippen LogP contribution in [0.15, 0.2) is 83.9 Å². The van der Waals surface area contributed by atoms with Crippen LogP contribution >= 0.6 is 0 Å². The van der Waals surface area contributed by atoms with Gasteiger partial charge in [0.15, 0.2) is 0 Å². The van der Waals surface area contributed by atoms with E-state index in [2.05, 4.69) is 10.3 Å². The number of nitrogens with one attached hydrogen (secondary N) is 1. The van der Waals surface area contributed by atoms with Crippen molar-refractivity contribution in [1.82, 2.24) is 0 Å². The largest absolute Gasteiger partial charge is 0.397 e. The summed E-state index contributed by atoms with van der Waals surface area (Å²) in [5.74, 6) is -0.541. The summed E-state index contributed by atoms with van der Waals surface area (Å²) < 4.78 is 13.4. The van der Waals surface area contributed by atoms with Crippen LogP contribution < -0.4 is 11.1 Å². The molecule has 0 unspecified atom stereocenters. The summed E-state index contributed by atoms with van der Waals surface area (Å²) in [6.07, 6.45) is 1.71. The number of fused-ring (bicyclic) bond motifs is 1. The van der Waals surface area contributed by atoms with Crippen LogP contribution in [0.25, 0.3) is 5.57 Å². The Morgan fingerprint density at radius 1 is 0.963 bits per heavy atom. The molecule has 4 nitrogen and oxygen atoms in total. The molecule has 3 N–H and O–H groups in total. The van der Waals surface area contributed by atoms with Gasteiger partial charge >= 0.3 is 0 Å². The first-order valence-electron chi connectivity index (χ1n) is 8.43. The van der Waals surface area contributed by atoms with Crippen LogP contribution in [-0.4, -0.2) is 11.6 Å². The van der Waals surface area contributed by atoms with Gasteiger partial charge in [0.2, 0.25) is 0 Å². The monoisotopic (exact) mass is 357 g/mol. The van der Waals surface area contributed by atoms with Crippen molar-refractivity contribution in [3.05, 3.63) is 95.8 Å². The second-order valence-electron chi connectivity index (χ2n) is 6.12. The Balaban J connectivity index is 1.88. The second-order valence-corrected chi connectivity index (χ2v) is 6.12. The smallest absolute Gasteiger partial charge is 0.256 e. The van der Waals surface area contributed by atoms with Gasteiger partial charge in [-0.1, -0.05) is 30.3 Å². The van der Waals surface area contributed by atoms with Crippen molar-refractivity contribution in [3.63, 3.8) is 0 Å². The molecule has 3 aromatic carbocycles. The minimum Gasteiger partial charge on any atom is -0.397 e. The van der Waals surface area contributed by atoms with Gasteiger partial charge in [0.25, 0.3) is 5.91 Å². The number of anilines is 2. The molecule has 132 valence electrons. The topological polar surface area (TPSA) is 67.5 Å². The fourth-order valence-electron chi connectivity index (χ4n) is 2.94. The third kappa shape index (κ3) is 3.35. The van der Waals surface area contributed by atoms with Crippen LogP contribution in [0.2, 0.25) is 0 Å². The van der Waals surface area contributed by atoms with Crippen molar-refractivity contribution < 1.29 is 9.18 Å². The zero-order chi connectivity index (χ0) is 18.8. The average Bonchev–Trinajstić information content (AvgIpc) is 2.99. The first-order chi connectivity index (χ1) is 13.1. The minimum atomic E-state index is -0.339. The molecular weight excluding hydrogens is 341 g/mol. The summed E-state index contributed by atoms with van der Waals surface area (Å²) in [4.78, 5) is 17.1. The van der Waals surface area contributed by atoms with Crippen molar-refractivity contribution in [3.8, 4) is 0 Å². The summed E-state index contributed by atoms with van der Waals surface area (Å²) in [6.45, 7) is 0. The summed E-state index contributed by atoms with van der Waals surface area (Å²) >= 11 is 0. The number of carbonyl (C=O) groups excluding carboxylic acids is 1. The Hall–Kier alpha value is -3.73. The molecule has 0 saturated heterocycles. The van der Waals surface area contributed by atoms with Gasteiger partial charge < -0.3 is 11.1 Å². The minimum absolute atomic E-state index is 0.202. The maximum atomic E-state index is 13.4. The lowest BCUT2D eigenvalue weighted by atomic mass is 10.0. The van der Waals surface area contributed by atoms with E-state index in [1.54, 1.807) is 30.3 Å². The Morgan fingerprint density at radius 3 is 2.44 bits per heavy atom. The Labute approximate surface area is 155 Å². The molecule has 1 amide bonds. The molecule has 1 heterocycles. The lowest BCUT2D eigenvalue weighted by molar-refractivity contribution is -0.110. The number of hydrogen-bond donors (Lipinski definition) is 2. The van der Waals surface area contributed by atoms with Gasteiger partial charge in [-0.25, -0.2) is 9.38 Å². The fourth-order valence-corrected chi connectivity index (χ4v) is 2.94. The van der Waals surface area contributed by atoms with E-state index in [-0.39, 0.29) is 11.7 Å². The summed E-state index contributed by atoms with van der Waals surface area (Å²) in [5.41, 5.74) is 10.4. The highest BCUT2D eigenvalue weighted by Crippen LogP contribution is 2.32. The molecule has 5 heteroatoms. The molecule has 0 fully saturated rings. The molecule has 0 spiro atoms. The van der Waals surface area contributed by atoms with E-state index in [1.807, 2.05) is 36.4 Å². The van der Waals surface area contributed by atoms with Crippen molar-refractivity contribution in [2.75, 3.05) is 11.1 Å². The number of aliphatic imine (C=N–C) groups is 1. The van der Waals surface area contributed by atoms with E-state index in [4.69, 9.17) is 5.73 Å². The van der Waals surface area contributed by atoms with Crippen molar-refractivity contribution in [1.29, 1.82) is 0 Å². The molecule has 1 aliphatic heterocycles. The lowest BCUT2D eigenvalue weighted by Crippen LogP contribution is -2.06. The van der Waals surface area contributed by atoms with Gasteiger partial charge in [-0.15, -0.1) is 0 Å². The average molecular weight is 357 g/mol. The molecule has 27 heavy (non-hydrogen) atoms. The highest BCUT2D eigenvalue weighted by Gasteiger charge is 2.24. The predicted octanol–water partition coefficient (Wildman–Crippen LogP) is 4.56. The van der Waals surface area contributed by atoms with Gasteiger partial charge in [-0.3, -0.25) is 4.79 Å². The number of halogens is 1. The van der Waals surface area contributed by atoms with E-state index < -0.39 is 0 Å². The van der Waals surface area contributed by atoms with Crippen molar-refractivity contribution >= 4 is 34.3 Å². The summed E-state index contributed by atoms with van der Waals surface area (Å²) in [5, 5.41) is 2.84. The van der Waals surface area contributed by atoms with E-state index in [0.717, 1.165) is 11.3 Å². The molecule has 0 aromatic heterocycles. The van der Waals surface area contributed by atoms with Crippen LogP contribution in [0.3, 0.4) is 0 Å². The molecule has 1 aliphatic rings. The zero-order valence-electron chi connectivity index (χ0n) is 14.3. The number of carbonyl (C=O) groups is 1. The third-order valence-electron chi connectivity index (χ3n) is 4.31. The quantitative estimate of drug-likeness (QED) is 0.410. The molecule has 3 aromatic rings. The molecule has 0 radical (unpaired) electrons. The zero-order valence-corrected chi connectivity index (χ0v) is 14.3. The number of allylic oxidation sites excluding steroid dienone is 1. The van der Waals surface area contributed by atoms with Crippen LogP contribution in [0.1, 0.15) is 11.1 Å². The molecule has 4 rings (SSSR count). The number of nitrogen functional groups attached to an aromatic ring is 1. The maximum Gasteiger partial charge on any atom is 0.256 e. The maximum absolute atomic E-state index is 13.4. The number of para-hydroxylation sites is 3. The van der Waals surface area contributed by atoms with Crippen LogP contribution in [0.5, 0.6) is 0 Å². The number of nitrogens with zero attached hydrogens (tertiary/aromatic N) is 1. The number of amides is 1. The molecule has 0 saturated carbocycles. The van der Waals surface area contributed by atoms with Gasteiger partial charge in [-0.05, 0) is 48.5 Å². The van der Waals surface area contributed by atoms with Gasteiger partial charge in [0, 0.05) is 16.8 Å². The summed E-state index contributed by atoms with van der Waals surface area (Å²) in [7, 11) is 0. The first-order valence-corrected chi connectivity index (χ1v) is 8.43. The first kappa shape index (κ1) is 16.7. The Bertz CT molecular complexity index is 1080. The van der Waals surface area contributed by atoms with E-state index in [1.165, 1.54) is 12.1 Å². The van der Waals surface area contributed by atoms with Crippen LogP contribution in [0.4, 0.5) is 21.5 Å². The second kappa shape index (κ2) is 6.88. The highest BCUT2D eigenvalue weighted by molar-refractivity contribution is 6.35. The number of benzene rings is 3. The molecule has 0 aliphatic carbocycles. The number of hydrogen-bond acceptors (Lipinski definition) is 3. The van der Waals surface area contributed by atoms with E-state index in [0.29, 0.717) is 28.2 Å². The van der Waals surface area contributed by atoms with Crippen molar-refractivity contribution in [2.24, 2.45) is 4.99 Å². The Morgan fingerprint density at radius 2 is 1.67 bits per heavy atom. The Kier molecular flexibility index (Phi) is 4.26.